The summed E-state index contributed by atoms with van der Waals surface area (Å²) in [6.45, 7) is 5.11. The monoisotopic (exact) mass is 411 g/mol. The second kappa shape index (κ2) is 7.64. The molecule has 0 N–H and O–H groups in total. The SMILES string of the molecule is O=[N+]([O-])c1cn2c(n1)O[C@H](CN1CCN(Cc3ccc(C(F)(F)F)cc3)CC1)C2. The lowest BCUT2D eigenvalue weighted by Crippen LogP contribution is -2.48. The van der Waals surface area contributed by atoms with Crippen LogP contribution in [0.5, 0.6) is 6.01 Å². The third kappa shape index (κ3) is 4.51. The fraction of sp³-hybridized carbons (Fsp3) is 0.500. The van der Waals surface area contributed by atoms with Gasteiger partial charge in [0, 0.05) is 44.3 Å². The molecule has 0 spiro atoms. The van der Waals surface area contributed by atoms with E-state index in [0.29, 0.717) is 19.6 Å². The zero-order chi connectivity index (χ0) is 20.6. The number of nitro groups is 1. The third-order valence-electron chi connectivity index (χ3n) is 5.20. The van der Waals surface area contributed by atoms with Crippen LogP contribution in [-0.2, 0) is 19.3 Å². The molecule has 156 valence electrons. The maximum Gasteiger partial charge on any atom is 0.416 e. The molecule has 1 fully saturated rings. The Labute approximate surface area is 164 Å². The molecule has 2 aliphatic heterocycles. The van der Waals surface area contributed by atoms with Crippen molar-refractivity contribution >= 4 is 5.82 Å². The number of aromatic nitrogens is 2. The average molecular weight is 411 g/mol. The number of benzene rings is 1. The molecule has 1 aromatic heterocycles. The largest absolute Gasteiger partial charge is 0.439 e. The van der Waals surface area contributed by atoms with E-state index in [1.54, 1.807) is 4.57 Å². The van der Waals surface area contributed by atoms with Gasteiger partial charge in [0.1, 0.15) is 12.3 Å². The third-order valence-corrected chi connectivity index (χ3v) is 5.20. The van der Waals surface area contributed by atoms with Crippen LogP contribution in [0.4, 0.5) is 19.0 Å². The first-order valence-electron chi connectivity index (χ1n) is 9.27. The van der Waals surface area contributed by atoms with Crippen LogP contribution in [0.2, 0.25) is 0 Å². The molecule has 4 rings (SSSR count). The van der Waals surface area contributed by atoms with Gasteiger partial charge in [-0.1, -0.05) is 12.1 Å². The van der Waals surface area contributed by atoms with Crippen molar-refractivity contribution < 1.29 is 22.8 Å². The highest BCUT2D eigenvalue weighted by atomic mass is 19.4. The Morgan fingerprint density at radius 2 is 1.79 bits per heavy atom. The number of nitrogens with zero attached hydrogens (tertiary/aromatic N) is 5. The first-order chi connectivity index (χ1) is 13.8. The molecule has 1 aromatic carbocycles. The van der Waals surface area contributed by atoms with Crippen LogP contribution in [0.15, 0.2) is 30.5 Å². The summed E-state index contributed by atoms with van der Waals surface area (Å²) in [4.78, 5) is 18.5. The average Bonchev–Trinajstić information content (AvgIpc) is 3.22. The molecule has 2 aliphatic rings. The zero-order valence-electron chi connectivity index (χ0n) is 15.5. The van der Waals surface area contributed by atoms with Gasteiger partial charge in [-0.25, -0.2) is 0 Å². The van der Waals surface area contributed by atoms with Gasteiger partial charge in [0.15, 0.2) is 0 Å². The first-order valence-corrected chi connectivity index (χ1v) is 9.27. The van der Waals surface area contributed by atoms with Crippen molar-refractivity contribution in [2.75, 3.05) is 32.7 Å². The molecule has 1 atom stereocenters. The number of fused-ring (bicyclic) bond motifs is 1. The van der Waals surface area contributed by atoms with Crippen molar-refractivity contribution in [3.63, 3.8) is 0 Å². The Hall–Kier alpha value is -2.66. The lowest BCUT2D eigenvalue weighted by molar-refractivity contribution is -0.389. The van der Waals surface area contributed by atoms with Gasteiger partial charge >= 0.3 is 18.0 Å². The summed E-state index contributed by atoms with van der Waals surface area (Å²) in [6, 6.07) is 5.58. The van der Waals surface area contributed by atoms with Crippen molar-refractivity contribution in [3.8, 4) is 6.01 Å². The molecule has 0 unspecified atom stereocenters. The topological polar surface area (TPSA) is 76.7 Å². The Kier molecular flexibility index (Phi) is 5.17. The number of piperazine rings is 1. The summed E-state index contributed by atoms with van der Waals surface area (Å²) < 4.78 is 45.3. The van der Waals surface area contributed by atoms with Gasteiger partial charge in [-0.15, -0.1) is 0 Å². The number of hydrogen-bond donors (Lipinski definition) is 0. The van der Waals surface area contributed by atoms with E-state index in [1.165, 1.54) is 18.3 Å². The second-order valence-electron chi connectivity index (χ2n) is 7.30. The Morgan fingerprint density at radius 3 is 2.38 bits per heavy atom. The predicted molar refractivity (Wildman–Crippen MR) is 96.5 cm³/mol. The molecule has 0 bridgehead atoms. The van der Waals surface area contributed by atoms with Gasteiger partial charge in [-0.2, -0.15) is 13.2 Å². The van der Waals surface area contributed by atoms with Gasteiger partial charge < -0.3 is 14.9 Å². The maximum absolute atomic E-state index is 12.6. The number of rotatable bonds is 5. The minimum Gasteiger partial charge on any atom is -0.439 e. The van der Waals surface area contributed by atoms with E-state index in [9.17, 15) is 23.3 Å². The molecule has 29 heavy (non-hydrogen) atoms. The van der Waals surface area contributed by atoms with Crippen LogP contribution in [0.25, 0.3) is 0 Å². The van der Waals surface area contributed by atoms with Gasteiger partial charge in [-0.3, -0.25) is 14.4 Å². The van der Waals surface area contributed by atoms with Crippen molar-refractivity contribution in [1.82, 2.24) is 19.4 Å². The van der Waals surface area contributed by atoms with Crippen molar-refractivity contribution in [3.05, 3.63) is 51.7 Å². The smallest absolute Gasteiger partial charge is 0.416 e. The van der Waals surface area contributed by atoms with Crippen molar-refractivity contribution in [1.29, 1.82) is 0 Å². The van der Waals surface area contributed by atoms with Gasteiger partial charge in [0.2, 0.25) is 0 Å². The summed E-state index contributed by atoms with van der Waals surface area (Å²) in [5.41, 5.74) is 0.227. The van der Waals surface area contributed by atoms with E-state index in [-0.39, 0.29) is 17.9 Å². The Bertz CT molecular complexity index is 852. The van der Waals surface area contributed by atoms with Crippen molar-refractivity contribution in [2.24, 2.45) is 0 Å². The van der Waals surface area contributed by atoms with Gasteiger partial charge in [0.05, 0.1) is 12.1 Å². The molecule has 1 saturated heterocycles. The second-order valence-corrected chi connectivity index (χ2v) is 7.30. The van der Waals surface area contributed by atoms with Crippen molar-refractivity contribution in [2.45, 2.75) is 25.4 Å². The fourth-order valence-electron chi connectivity index (χ4n) is 3.67. The summed E-state index contributed by atoms with van der Waals surface area (Å²) in [5.74, 6) is -0.213. The molecule has 0 radical (unpaired) electrons. The standard InChI is InChI=1S/C18H20F3N5O3/c19-18(20,21)14-3-1-13(2-4-14)9-23-5-7-24(8-6-23)10-15-11-25-12-16(26(27)28)22-17(25)29-15/h1-4,12,15H,5-11H2/t15-/m1/s1. The van der Waals surface area contributed by atoms with Crippen LogP contribution in [0.3, 0.4) is 0 Å². The van der Waals surface area contributed by atoms with Crippen LogP contribution in [-0.4, -0.2) is 63.1 Å². The quantitative estimate of drug-likeness (QED) is 0.556. The number of hydrogen-bond acceptors (Lipinski definition) is 6. The van der Waals surface area contributed by atoms with E-state index >= 15 is 0 Å². The van der Waals surface area contributed by atoms with E-state index in [0.717, 1.165) is 43.9 Å². The van der Waals surface area contributed by atoms with Gasteiger partial charge in [-0.05, 0) is 22.6 Å². The highest BCUT2D eigenvalue weighted by molar-refractivity contribution is 5.25. The number of imidazole rings is 1. The summed E-state index contributed by atoms with van der Waals surface area (Å²) >= 11 is 0. The van der Waals surface area contributed by atoms with E-state index in [1.807, 2.05) is 0 Å². The van der Waals surface area contributed by atoms with E-state index in [4.69, 9.17) is 4.74 Å². The molecular weight excluding hydrogens is 391 g/mol. The molecule has 8 nitrogen and oxygen atoms in total. The molecule has 0 amide bonds. The number of alkyl halides is 3. The summed E-state index contributed by atoms with van der Waals surface area (Å²) in [7, 11) is 0. The highest BCUT2D eigenvalue weighted by Crippen LogP contribution is 2.29. The Balaban J connectivity index is 1.23. The molecule has 2 aromatic rings. The van der Waals surface area contributed by atoms with E-state index < -0.39 is 16.7 Å². The van der Waals surface area contributed by atoms with Crippen LogP contribution in [0, 0.1) is 10.1 Å². The molecule has 0 saturated carbocycles. The fourth-order valence-corrected chi connectivity index (χ4v) is 3.67. The number of halogens is 3. The van der Waals surface area contributed by atoms with Crippen LogP contribution < -0.4 is 4.74 Å². The lowest BCUT2D eigenvalue weighted by Gasteiger charge is -2.35. The first kappa shape index (κ1) is 19.6. The minimum atomic E-state index is -4.31. The zero-order valence-corrected chi connectivity index (χ0v) is 15.5. The normalized spacial score (nSPS) is 20.4. The summed E-state index contributed by atoms with van der Waals surface area (Å²) in [6.07, 6.45) is -3.02. The summed E-state index contributed by atoms with van der Waals surface area (Å²) in [5, 5.41) is 10.7. The number of ether oxygens (including phenoxy) is 1. The van der Waals surface area contributed by atoms with E-state index in [2.05, 4.69) is 14.8 Å². The highest BCUT2D eigenvalue weighted by Gasteiger charge is 2.33. The maximum atomic E-state index is 12.6. The molecule has 0 aliphatic carbocycles. The Morgan fingerprint density at radius 1 is 1.14 bits per heavy atom. The predicted octanol–water partition coefficient (Wildman–Crippen LogP) is 2.39. The molecule has 3 heterocycles. The van der Waals surface area contributed by atoms with Crippen LogP contribution in [0.1, 0.15) is 11.1 Å². The molecule has 11 heteroatoms. The molecular formula is C18H20F3N5O3. The van der Waals surface area contributed by atoms with Crippen LogP contribution >= 0.6 is 0 Å². The minimum absolute atomic E-state index is 0.0974. The van der Waals surface area contributed by atoms with Gasteiger partial charge in [0.25, 0.3) is 0 Å². The lowest BCUT2D eigenvalue weighted by atomic mass is 10.1.